The van der Waals surface area contributed by atoms with Crippen molar-refractivity contribution in [2.45, 2.75) is 0 Å². The summed E-state index contributed by atoms with van der Waals surface area (Å²) in [5.74, 6) is 0.232. The van der Waals surface area contributed by atoms with Crippen molar-refractivity contribution in [1.29, 1.82) is 5.26 Å². The third-order valence-corrected chi connectivity index (χ3v) is 10.3. The van der Waals surface area contributed by atoms with Gasteiger partial charge in [0.2, 0.25) is 0 Å². The van der Waals surface area contributed by atoms with Crippen molar-refractivity contribution in [3.63, 3.8) is 0 Å². The van der Waals surface area contributed by atoms with Crippen LogP contribution in [0.1, 0.15) is 11.1 Å². The lowest BCUT2D eigenvalue weighted by molar-refractivity contribution is -0.133. The highest BCUT2D eigenvalue weighted by Crippen LogP contribution is 2.40. The lowest BCUT2D eigenvalue weighted by Gasteiger charge is -2.26. The van der Waals surface area contributed by atoms with Gasteiger partial charge in [-0.2, -0.15) is 5.26 Å². The number of benzene rings is 8. The maximum absolute atomic E-state index is 11.5. The molecule has 0 aliphatic heterocycles. The van der Waals surface area contributed by atoms with Crippen LogP contribution in [0.15, 0.2) is 218 Å². The van der Waals surface area contributed by atoms with E-state index in [9.17, 15) is 25.1 Å². The van der Waals surface area contributed by atoms with Crippen molar-refractivity contribution in [3.8, 4) is 40.2 Å². The summed E-state index contributed by atoms with van der Waals surface area (Å²) in [6, 6.07) is 67.3. The molecule has 318 valence electrons. The number of carboxylic acids is 2. The number of anilines is 6. The van der Waals surface area contributed by atoms with Gasteiger partial charge in [-0.15, -0.1) is 0 Å². The first-order valence-corrected chi connectivity index (χ1v) is 20.6. The molecule has 0 aromatic heterocycles. The predicted octanol–water partition coefficient (Wildman–Crippen LogP) is 14.2. The van der Waals surface area contributed by atoms with Crippen LogP contribution in [-0.4, -0.2) is 22.2 Å². The standard InChI is InChI=1S/C56H38N4O6/c1-58-54(56(63)64)37-40-14-22-45(23-15-40)60(49-30-34-53(35-31-49)66-51-10-6-3-7-11-51)47-26-18-42(19-27-47)41-16-24-46(25-17-41)59(44-20-12-39(13-21-44)36-43(38-57)55(61)62)48-28-32-52(33-29-48)65-50-8-4-2-5-9-50/h2-37H,(H,61,62)(H,63,64). The van der Waals surface area contributed by atoms with Crippen LogP contribution in [0.4, 0.5) is 34.1 Å². The fourth-order valence-corrected chi connectivity index (χ4v) is 7.12. The zero-order valence-electron chi connectivity index (χ0n) is 35.1. The molecule has 10 nitrogen and oxygen atoms in total. The van der Waals surface area contributed by atoms with E-state index in [-0.39, 0.29) is 11.3 Å². The van der Waals surface area contributed by atoms with Crippen LogP contribution < -0.4 is 19.3 Å². The fourth-order valence-electron chi connectivity index (χ4n) is 7.12. The van der Waals surface area contributed by atoms with Gasteiger partial charge in [0.1, 0.15) is 34.6 Å². The molecule has 8 rings (SSSR count). The van der Waals surface area contributed by atoms with E-state index in [1.165, 1.54) is 12.2 Å². The number of nitriles is 1. The molecule has 0 bridgehead atoms. The van der Waals surface area contributed by atoms with Crippen LogP contribution >= 0.6 is 0 Å². The summed E-state index contributed by atoms with van der Waals surface area (Å²) in [6.45, 7) is 7.25. The van der Waals surface area contributed by atoms with Crippen molar-refractivity contribution in [2.24, 2.45) is 0 Å². The Labute approximate surface area is 381 Å². The molecule has 2 N–H and O–H groups in total. The van der Waals surface area contributed by atoms with E-state index < -0.39 is 11.9 Å². The predicted molar refractivity (Wildman–Crippen MR) is 258 cm³/mol. The zero-order valence-corrected chi connectivity index (χ0v) is 35.1. The van der Waals surface area contributed by atoms with Gasteiger partial charge in [-0.3, -0.25) is 4.79 Å². The number of hydrogen-bond donors (Lipinski definition) is 2. The van der Waals surface area contributed by atoms with Gasteiger partial charge >= 0.3 is 11.9 Å². The molecule has 10 heteroatoms. The average molecular weight is 863 g/mol. The van der Waals surface area contributed by atoms with E-state index in [2.05, 4.69) is 38.9 Å². The summed E-state index contributed by atoms with van der Waals surface area (Å²) in [4.78, 5) is 30.3. The van der Waals surface area contributed by atoms with Crippen molar-refractivity contribution >= 4 is 58.2 Å². The average Bonchev–Trinajstić information content (AvgIpc) is 3.35. The molecule has 0 unspecified atom stereocenters. The molecule has 8 aromatic rings. The van der Waals surface area contributed by atoms with Gasteiger partial charge in [0.25, 0.3) is 5.70 Å². The Morgan fingerprint density at radius 1 is 0.455 bits per heavy atom. The topological polar surface area (TPSA) is 128 Å². The molecular formula is C56H38N4O6. The van der Waals surface area contributed by atoms with Crippen LogP contribution in [0.2, 0.25) is 0 Å². The normalized spacial score (nSPS) is 11.1. The zero-order chi connectivity index (χ0) is 45.8. The van der Waals surface area contributed by atoms with Crippen molar-refractivity contribution in [1.82, 2.24) is 0 Å². The Kier molecular flexibility index (Phi) is 13.1. The highest BCUT2D eigenvalue weighted by Gasteiger charge is 2.17. The number of nitrogens with zero attached hydrogens (tertiary/aromatic N) is 4. The molecule has 0 heterocycles. The van der Waals surface area contributed by atoms with Gasteiger partial charge in [-0.25, -0.2) is 9.64 Å². The first-order valence-electron chi connectivity index (χ1n) is 20.6. The molecule has 0 fully saturated rings. The summed E-state index contributed by atoms with van der Waals surface area (Å²) in [6.07, 6.45) is 2.69. The second-order valence-electron chi connectivity index (χ2n) is 14.7. The van der Waals surface area contributed by atoms with E-state index in [1.54, 1.807) is 30.3 Å². The van der Waals surface area contributed by atoms with Crippen molar-refractivity contribution in [2.75, 3.05) is 9.80 Å². The third kappa shape index (κ3) is 10.3. The summed E-state index contributed by atoms with van der Waals surface area (Å²) in [7, 11) is 0. The highest BCUT2D eigenvalue weighted by atomic mass is 16.5. The largest absolute Gasteiger partial charge is 0.486 e. The Morgan fingerprint density at radius 2 is 0.773 bits per heavy atom. The monoisotopic (exact) mass is 862 g/mol. The third-order valence-electron chi connectivity index (χ3n) is 10.3. The minimum atomic E-state index is -1.29. The van der Waals surface area contributed by atoms with Gasteiger partial charge in [0.15, 0.2) is 0 Å². The Hall–Kier alpha value is -9.64. The highest BCUT2D eigenvalue weighted by molar-refractivity contribution is 5.96. The summed E-state index contributed by atoms with van der Waals surface area (Å²) < 4.78 is 12.1. The van der Waals surface area contributed by atoms with E-state index in [4.69, 9.17) is 16.0 Å². The van der Waals surface area contributed by atoms with Gasteiger partial charge in [0.05, 0.1) is 6.57 Å². The fraction of sp³-hybridized carbons (Fsp3) is 0. The SMILES string of the molecule is [C-]#[N+]C(=Cc1ccc(N(c2ccc(Oc3ccccc3)cc2)c2ccc(-c3ccc(N(c4ccc(C=C(C#N)C(=O)O)cc4)c4ccc(Oc5ccccc5)cc4)cc3)cc2)cc1)C(=O)O. The van der Waals surface area contributed by atoms with E-state index in [1.807, 2.05) is 158 Å². The Bertz CT molecular complexity index is 2890. The quantitative estimate of drug-likeness (QED) is 0.0588. The van der Waals surface area contributed by atoms with Crippen molar-refractivity contribution in [3.05, 3.63) is 240 Å². The molecular weight excluding hydrogens is 825 g/mol. The molecule has 8 aromatic carbocycles. The number of para-hydroxylation sites is 2. The summed E-state index contributed by atoms with van der Waals surface area (Å²) in [5.41, 5.74) is 7.49. The molecule has 0 amide bonds. The lowest BCUT2D eigenvalue weighted by atomic mass is 10.0. The van der Waals surface area contributed by atoms with Crippen molar-refractivity contribution < 1.29 is 29.3 Å². The summed E-state index contributed by atoms with van der Waals surface area (Å²) in [5, 5.41) is 28.1. The molecule has 0 saturated heterocycles. The molecule has 0 spiro atoms. The maximum Gasteiger partial charge on any atom is 0.346 e. The molecule has 0 saturated carbocycles. The number of ether oxygens (including phenoxy) is 2. The van der Waals surface area contributed by atoms with Crippen LogP contribution in [0.5, 0.6) is 23.0 Å². The first-order chi connectivity index (χ1) is 32.2. The van der Waals surface area contributed by atoms with E-state index in [0.29, 0.717) is 22.6 Å². The van der Waals surface area contributed by atoms with E-state index >= 15 is 0 Å². The Balaban J connectivity index is 1.09. The molecule has 66 heavy (non-hydrogen) atoms. The van der Waals surface area contributed by atoms with E-state index in [0.717, 1.165) is 56.8 Å². The molecule has 0 atom stereocenters. The minimum absolute atomic E-state index is 0.355. The number of carboxylic acid groups (broad SMARTS) is 2. The number of hydrogen-bond acceptors (Lipinski definition) is 7. The van der Waals surface area contributed by atoms with Gasteiger partial charge < -0.3 is 29.5 Å². The second kappa shape index (κ2) is 20.0. The number of carbonyl (C=O) groups is 2. The van der Waals surface area contributed by atoms with Crippen LogP contribution in [-0.2, 0) is 9.59 Å². The smallest absolute Gasteiger partial charge is 0.346 e. The Morgan fingerprint density at radius 3 is 1.09 bits per heavy atom. The number of aliphatic carboxylic acids is 2. The van der Waals surface area contributed by atoms with Gasteiger partial charge in [-0.05, 0) is 156 Å². The lowest BCUT2D eigenvalue weighted by Crippen LogP contribution is -2.10. The minimum Gasteiger partial charge on any atom is -0.486 e. The van der Waals surface area contributed by atoms with Crippen LogP contribution in [0.3, 0.4) is 0 Å². The van der Waals surface area contributed by atoms with Gasteiger partial charge in [0, 0.05) is 34.1 Å². The van der Waals surface area contributed by atoms with Crippen LogP contribution in [0, 0.1) is 17.9 Å². The molecule has 0 aliphatic carbocycles. The maximum atomic E-state index is 11.5. The van der Waals surface area contributed by atoms with Gasteiger partial charge in [-0.1, -0.05) is 84.9 Å². The molecule has 0 radical (unpaired) electrons. The second-order valence-corrected chi connectivity index (χ2v) is 14.7. The summed E-state index contributed by atoms with van der Waals surface area (Å²) >= 11 is 0. The number of rotatable bonds is 15. The first kappa shape index (κ1) is 43.0. The molecule has 0 aliphatic rings. The van der Waals surface area contributed by atoms with Crippen LogP contribution in [0.25, 0.3) is 28.1 Å².